The largest absolute Gasteiger partial charge is 0.399 e. The normalized spacial score (nSPS) is 11.9. The summed E-state index contributed by atoms with van der Waals surface area (Å²) in [4.78, 5) is 12.1. The third-order valence-electron chi connectivity index (χ3n) is 2.83. The Balaban J connectivity index is 2.13. The Morgan fingerprint density at radius 1 is 1.21 bits per heavy atom. The van der Waals surface area contributed by atoms with Gasteiger partial charge in [-0.05, 0) is 30.7 Å². The smallest absolute Gasteiger partial charge is 0.251 e. The molecule has 0 fully saturated rings. The third kappa shape index (κ3) is 3.58. The van der Waals surface area contributed by atoms with Crippen molar-refractivity contribution in [3.63, 3.8) is 0 Å². The van der Waals surface area contributed by atoms with Gasteiger partial charge in [-0.15, -0.1) is 0 Å². The lowest BCUT2D eigenvalue weighted by atomic mass is 10.1. The van der Waals surface area contributed by atoms with E-state index in [4.69, 9.17) is 5.73 Å². The fraction of sp³-hybridized carbons (Fsp3) is 0.133. The highest BCUT2D eigenvalue weighted by atomic mass is 79.9. The van der Waals surface area contributed by atoms with Crippen molar-refractivity contribution in [1.29, 1.82) is 0 Å². The SMILES string of the molecule is C[C@H](NC(=O)c1cc(N)cc(Br)c1)c1ccccc1. The van der Waals surface area contributed by atoms with Crippen LogP contribution < -0.4 is 11.1 Å². The van der Waals surface area contributed by atoms with Crippen LogP contribution in [0.3, 0.4) is 0 Å². The maximum absolute atomic E-state index is 12.1. The van der Waals surface area contributed by atoms with Crippen LogP contribution in [0.4, 0.5) is 5.69 Å². The minimum absolute atomic E-state index is 0.0473. The summed E-state index contributed by atoms with van der Waals surface area (Å²) in [6, 6.07) is 15.0. The zero-order valence-corrected chi connectivity index (χ0v) is 12.1. The standard InChI is InChI=1S/C15H15BrN2O/c1-10(11-5-3-2-4-6-11)18-15(19)12-7-13(16)9-14(17)8-12/h2-10H,17H2,1H3,(H,18,19)/t10-/m0/s1. The first kappa shape index (κ1) is 13.6. The summed E-state index contributed by atoms with van der Waals surface area (Å²) in [5.41, 5.74) is 7.91. The second-order valence-corrected chi connectivity index (χ2v) is 5.29. The molecule has 0 heterocycles. The number of hydrogen-bond acceptors (Lipinski definition) is 2. The van der Waals surface area contributed by atoms with Crippen molar-refractivity contribution in [2.75, 3.05) is 5.73 Å². The van der Waals surface area contributed by atoms with E-state index in [-0.39, 0.29) is 11.9 Å². The van der Waals surface area contributed by atoms with Crippen LogP contribution in [-0.2, 0) is 0 Å². The number of rotatable bonds is 3. The van der Waals surface area contributed by atoms with Gasteiger partial charge in [0.05, 0.1) is 6.04 Å². The van der Waals surface area contributed by atoms with E-state index in [9.17, 15) is 4.79 Å². The van der Waals surface area contributed by atoms with Gasteiger partial charge in [-0.1, -0.05) is 46.3 Å². The predicted molar refractivity (Wildman–Crippen MR) is 80.9 cm³/mol. The Morgan fingerprint density at radius 2 is 1.89 bits per heavy atom. The second kappa shape index (κ2) is 5.89. The molecule has 0 radical (unpaired) electrons. The van der Waals surface area contributed by atoms with E-state index >= 15 is 0 Å². The molecule has 0 saturated heterocycles. The number of hydrogen-bond donors (Lipinski definition) is 2. The van der Waals surface area contributed by atoms with Crippen LogP contribution in [0, 0.1) is 0 Å². The summed E-state index contributed by atoms with van der Waals surface area (Å²) < 4.78 is 0.796. The molecule has 0 bridgehead atoms. The van der Waals surface area contributed by atoms with Gasteiger partial charge in [0.15, 0.2) is 0 Å². The van der Waals surface area contributed by atoms with E-state index in [2.05, 4.69) is 21.2 Å². The first-order chi connectivity index (χ1) is 9.06. The monoisotopic (exact) mass is 318 g/mol. The lowest BCUT2D eigenvalue weighted by Gasteiger charge is -2.14. The molecule has 0 aliphatic carbocycles. The summed E-state index contributed by atoms with van der Waals surface area (Å²) in [7, 11) is 0. The molecule has 3 N–H and O–H groups in total. The molecule has 0 aliphatic heterocycles. The van der Waals surface area contributed by atoms with Gasteiger partial charge in [0.1, 0.15) is 0 Å². The maximum Gasteiger partial charge on any atom is 0.251 e. The molecule has 2 aromatic rings. The Kier molecular flexibility index (Phi) is 4.22. The van der Waals surface area contributed by atoms with E-state index in [1.807, 2.05) is 37.3 Å². The van der Waals surface area contributed by atoms with Gasteiger partial charge >= 0.3 is 0 Å². The van der Waals surface area contributed by atoms with Crippen LogP contribution in [0.1, 0.15) is 28.9 Å². The average molecular weight is 319 g/mol. The molecule has 0 unspecified atom stereocenters. The Bertz CT molecular complexity index is 564. The number of carbonyl (C=O) groups is 1. The van der Waals surface area contributed by atoms with Crippen LogP contribution in [0.25, 0.3) is 0 Å². The van der Waals surface area contributed by atoms with Crippen molar-refractivity contribution in [2.45, 2.75) is 13.0 Å². The number of benzene rings is 2. The van der Waals surface area contributed by atoms with Crippen molar-refractivity contribution in [3.8, 4) is 0 Å². The fourth-order valence-corrected chi connectivity index (χ4v) is 2.36. The third-order valence-corrected chi connectivity index (χ3v) is 3.29. The van der Waals surface area contributed by atoms with Crippen LogP contribution in [-0.4, -0.2) is 5.91 Å². The molecule has 0 aliphatic rings. The number of carbonyl (C=O) groups excluding carboxylic acids is 1. The number of nitrogens with two attached hydrogens (primary N) is 1. The summed E-state index contributed by atoms with van der Waals surface area (Å²) in [5.74, 6) is -0.135. The van der Waals surface area contributed by atoms with Gasteiger partial charge in [0, 0.05) is 15.7 Å². The molecule has 1 atom stereocenters. The molecule has 19 heavy (non-hydrogen) atoms. The first-order valence-corrected chi connectivity index (χ1v) is 6.77. The molecule has 1 amide bonds. The van der Waals surface area contributed by atoms with E-state index in [0.29, 0.717) is 11.3 Å². The van der Waals surface area contributed by atoms with Crippen LogP contribution in [0.2, 0.25) is 0 Å². The lowest BCUT2D eigenvalue weighted by molar-refractivity contribution is 0.0940. The average Bonchev–Trinajstić information content (AvgIpc) is 2.38. The number of nitrogens with one attached hydrogen (secondary N) is 1. The van der Waals surface area contributed by atoms with E-state index in [1.165, 1.54) is 0 Å². The summed E-state index contributed by atoms with van der Waals surface area (Å²) in [6.07, 6.45) is 0. The first-order valence-electron chi connectivity index (χ1n) is 5.98. The quantitative estimate of drug-likeness (QED) is 0.851. The number of amides is 1. The fourth-order valence-electron chi connectivity index (χ4n) is 1.85. The van der Waals surface area contributed by atoms with E-state index in [0.717, 1.165) is 10.0 Å². The Hall–Kier alpha value is -1.81. The van der Waals surface area contributed by atoms with Gasteiger partial charge in [-0.25, -0.2) is 0 Å². The highest BCUT2D eigenvalue weighted by Gasteiger charge is 2.12. The molecular weight excluding hydrogens is 304 g/mol. The van der Waals surface area contributed by atoms with Crippen LogP contribution in [0.15, 0.2) is 53.0 Å². The molecule has 4 heteroatoms. The molecule has 0 spiro atoms. The van der Waals surface area contributed by atoms with Crippen molar-refractivity contribution in [3.05, 3.63) is 64.1 Å². The zero-order valence-electron chi connectivity index (χ0n) is 10.6. The van der Waals surface area contributed by atoms with Gasteiger partial charge in [-0.2, -0.15) is 0 Å². The molecule has 98 valence electrons. The van der Waals surface area contributed by atoms with Crippen molar-refractivity contribution >= 4 is 27.5 Å². The highest BCUT2D eigenvalue weighted by Crippen LogP contribution is 2.18. The molecule has 0 aromatic heterocycles. The lowest BCUT2D eigenvalue weighted by Crippen LogP contribution is -2.26. The molecule has 2 rings (SSSR count). The maximum atomic E-state index is 12.1. The second-order valence-electron chi connectivity index (χ2n) is 4.38. The number of halogens is 1. The molecule has 2 aromatic carbocycles. The molecule has 3 nitrogen and oxygen atoms in total. The van der Waals surface area contributed by atoms with Crippen LogP contribution in [0.5, 0.6) is 0 Å². The minimum Gasteiger partial charge on any atom is -0.399 e. The topological polar surface area (TPSA) is 55.1 Å². The predicted octanol–water partition coefficient (Wildman–Crippen LogP) is 3.52. The Morgan fingerprint density at radius 3 is 2.53 bits per heavy atom. The number of nitrogen functional groups attached to an aromatic ring is 1. The summed E-state index contributed by atoms with van der Waals surface area (Å²) in [5, 5.41) is 2.95. The van der Waals surface area contributed by atoms with E-state index in [1.54, 1.807) is 18.2 Å². The summed E-state index contributed by atoms with van der Waals surface area (Å²) in [6.45, 7) is 1.95. The van der Waals surface area contributed by atoms with Crippen molar-refractivity contribution < 1.29 is 4.79 Å². The number of anilines is 1. The van der Waals surface area contributed by atoms with Gasteiger partial charge in [0.2, 0.25) is 0 Å². The van der Waals surface area contributed by atoms with Crippen LogP contribution >= 0.6 is 15.9 Å². The molecule has 0 saturated carbocycles. The van der Waals surface area contributed by atoms with E-state index < -0.39 is 0 Å². The minimum atomic E-state index is -0.135. The van der Waals surface area contributed by atoms with Gasteiger partial charge < -0.3 is 11.1 Å². The zero-order chi connectivity index (χ0) is 13.8. The summed E-state index contributed by atoms with van der Waals surface area (Å²) >= 11 is 3.33. The highest BCUT2D eigenvalue weighted by molar-refractivity contribution is 9.10. The van der Waals surface area contributed by atoms with Crippen molar-refractivity contribution in [2.24, 2.45) is 0 Å². The van der Waals surface area contributed by atoms with Gasteiger partial charge in [-0.3, -0.25) is 4.79 Å². The molecular formula is C15H15BrN2O. The van der Waals surface area contributed by atoms with Gasteiger partial charge in [0.25, 0.3) is 5.91 Å². The Labute approximate surface area is 121 Å². The van der Waals surface area contributed by atoms with Crippen molar-refractivity contribution in [1.82, 2.24) is 5.32 Å².